The molecule has 29 heavy (non-hydrogen) atoms. The van der Waals surface area contributed by atoms with Crippen LogP contribution in [0.2, 0.25) is 8.67 Å². The number of hydrogen-bond donors (Lipinski definition) is 0. The first-order valence-corrected chi connectivity index (χ1v) is 11.1. The van der Waals surface area contributed by atoms with Crippen molar-refractivity contribution in [3.63, 3.8) is 0 Å². The van der Waals surface area contributed by atoms with Gasteiger partial charge in [-0.25, -0.2) is 9.97 Å². The van der Waals surface area contributed by atoms with Crippen LogP contribution in [-0.2, 0) is 6.54 Å². The number of nitrogens with zero attached hydrogens (tertiary/aromatic N) is 4. The Bertz CT molecular complexity index is 1140. The summed E-state index contributed by atoms with van der Waals surface area (Å²) >= 11 is 14.9. The molecular formula is C19H16Cl2N4O2S2. The van der Waals surface area contributed by atoms with Crippen LogP contribution in [0.15, 0.2) is 43.0 Å². The zero-order chi connectivity index (χ0) is 20.4. The van der Waals surface area contributed by atoms with Crippen molar-refractivity contribution in [2.24, 2.45) is 0 Å². The van der Waals surface area contributed by atoms with E-state index in [1.165, 1.54) is 22.7 Å². The van der Waals surface area contributed by atoms with Crippen LogP contribution in [0.5, 0.6) is 5.75 Å². The number of methoxy groups -OCH3 is 1. The number of halogens is 2. The minimum absolute atomic E-state index is 0.221. The molecule has 0 aliphatic carbocycles. The number of aromatic nitrogens is 3. The van der Waals surface area contributed by atoms with E-state index in [2.05, 4.69) is 9.97 Å². The monoisotopic (exact) mass is 466 g/mol. The molecule has 150 valence electrons. The molecule has 0 saturated heterocycles. The Labute approximate surface area is 185 Å². The van der Waals surface area contributed by atoms with Gasteiger partial charge in [-0.05, 0) is 24.6 Å². The quantitative estimate of drug-likeness (QED) is 0.355. The minimum atomic E-state index is -0.221. The molecule has 0 bridgehead atoms. The maximum Gasteiger partial charge on any atom is 0.262 e. The molecule has 0 unspecified atom stereocenters. The molecule has 1 aromatic carbocycles. The Balaban J connectivity index is 1.67. The molecule has 6 nitrogen and oxygen atoms in total. The summed E-state index contributed by atoms with van der Waals surface area (Å²) in [5.41, 5.74) is 1.12. The number of para-hydroxylation sites is 1. The van der Waals surface area contributed by atoms with Crippen LogP contribution in [-0.4, -0.2) is 34.1 Å². The van der Waals surface area contributed by atoms with Crippen LogP contribution in [0.4, 0.5) is 5.13 Å². The molecule has 0 aliphatic heterocycles. The van der Waals surface area contributed by atoms with E-state index in [0.717, 1.165) is 23.2 Å². The smallest absolute Gasteiger partial charge is 0.262 e. The standard InChI is InChI=1S/C19H16Cl2N4O2S2/c1-27-13-4-2-5-14-16(13)23-19(28-14)25(8-3-7-24-9-6-22-11-24)18(26)12-10-15(20)29-17(12)21/h2,4-6,9-11H,3,7-8H2,1H3. The van der Waals surface area contributed by atoms with E-state index in [1.807, 2.05) is 29.0 Å². The molecule has 4 aromatic rings. The first-order valence-electron chi connectivity index (χ1n) is 8.73. The van der Waals surface area contributed by atoms with E-state index in [0.29, 0.717) is 31.7 Å². The van der Waals surface area contributed by atoms with Gasteiger partial charge in [0.15, 0.2) is 5.13 Å². The van der Waals surface area contributed by atoms with Crippen molar-refractivity contribution in [1.82, 2.24) is 14.5 Å². The Hall–Kier alpha value is -2.13. The van der Waals surface area contributed by atoms with Gasteiger partial charge in [0.1, 0.15) is 15.6 Å². The molecule has 0 radical (unpaired) electrons. The number of amides is 1. The van der Waals surface area contributed by atoms with Crippen LogP contribution < -0.4 is 9.64 Å². The fourth-order valence-electron chi connectivity index (χ4n) is 2.94. The van der Waals surface area contributed by atoms with Gasteiger partial charge in [-0.15, -0.1) is 11.3 Å². The second-order valence-electron chi connectivity index (χ2n) is 6.15. The highest BCUT2D eigenvalue weighted by Gasteiger charge is 2.25. The molecule has 3 aromatic heterocycles. The lowest BCUT2D eigenvalue weighted by atomic mass is 10.3. The van der Waals surface area contributed by atoms with E-state index in [1.54, 1.807) is 30.6 Å². The molecule has 0 aliphatic rings. The van der Waals surface area contributed by atoms with Crippen molar-refractivity contribution < 1.29 is 9.53 Å². The van der Waals surface area contributed by atoms with Gasteiger partial charge in [-0.2, -0.15) is 0 Å². The number of carbonyl (C=O) groups excluding carboxylic acids is 1. The highest BCUT2D eigenvalue weighted by atomic mass is 35.5. The predicted octanol–water partition coefficient (Wildman–Crippen LogP) is 5.61. The number of thiazole rings is 1. The van der Waals surface area contributed by atoms with Crippen LogP contribution in [0.1, 0.15) is 16.8 Å². The van der Waals surface area contributed by atoms with Crippen LogP contribution in [0.25, 0.3) is 10.2 Å². The van der Waals surface area contributed by atoms with E-state index >= 15 is 0 Å². The van der Waals surface area contributed by atoms with Gasteiger partial charge in [0.05, 0.1) is 28.0 Å². The molecule has 0 N–H and O–H groups in total. The van der Waals surface area contributed by atoms with E-state index in [4.69, 9.17) is 27.9 Å². The SMILES string of the molecule is COc1cccc2sc(N(CCCn3ccnc3)C(=O)c3cc(Cl)sc3Cl)nc12. The molecule has 4 rings (SSSR count). The Morgan fingerprint density at radius 2 is 2.17 bits per heavy atom. The third-order valence-electron chi connectivity index (χ3n) is 4.31. The van der Waals surface area contributed by atoms with Crippen molar-refractivity contribution >= 4 is 67.1 Å². The molecule has 1 amide bonds. The summed E-state index contributed by atoms with van der Waals surface area (Å²) in [4.78, 5) is 23.7. The lowest BCUT2D eigenvalue weighted by Crippen LogP contribution is -2.32. The number of fused-ring (bicyclic) bond motifs is 1. The Kier molecular flexibility index (Phi) is 6.05. The van der Waals surface area contributed by atoms with E-state index < -0.39 is 0 Å². The highest BCUT2D eigenvalue weighted by molar-refractivity contribution is 7.22. The zero-order valence-electron chi connectivity index (χ0n) is 15.3. The maximum atomic E-state index is 13.3. The van der Waals surface area contributed by atoms with E-state index in [-0.39, 0.29) is 5.91 Å². The number of aryl methyl sites for hydroxylation is 1. The summed E-state index contributed by atoms with van der Waals surface area (Å²) in [6.07, 6.45) is 6.11. The fraction of sp³-hybridized carbons (Fsp3) is 0.211. The van der Waals surface area contributed by atoms with Crippen molar-refractivity contribution in [2.75, 3.05) is 18.6 Å². The number of carbonyl (C=O) groups is 1. The third-order valence-corrected chi connectivity index (χ3v) is 6.84. The second-order valence-corrected chi connectivity index (χ2v) is 9.45. The molecule has 0 saturated carbocycles. The van der Waals surface area contributed by atoms with Gasteiger partial charge in [-0.1, -0.05) is 40.6 Å². The molecular weight excluding hydrogens is 451 g/mol. The number of imidazole rings is 1. The molecule has 0 atom stereocenters. The van der Waals surface area contributed by atoms with Crippen molar-refractivity contribution in [3.8, 4) is 5.75 Å². The fourth-order valence-corrected chi connectivity index (χ4v) is 5.39. The zero-order valence-corrected chi connectivity index (χ0v) is 18.5. The largest absolute Gasteiger partial charge is 0.494 e. The molecule has 0 fully saturated rings. The second kappa shape index (κ2) is 8.71. The summed E-state index contributed by atoms with van der Waals surface area (Å²) in [7, 11) is 1.61. The number of hydrogen-bond acceptors (Lipinski definition) is 6. The summed E-state index contributed by atoms with van der Waals surface area (Å²) in [6.45, 7) is 1.21. The van der Waals surface area contributed by atoms with Gasteiger partial charge in [0, 0.05) is 25.5 Å². The first kappa shape index (κ1) is 20.2. The van der Waals surface area contributed by atoms with E-state index in [9.17, 15) is 4.79 Å². The van der Waals surface area contributed by atoms with Gasteiger partial charge in [0.2, 0.25) is 0 Å². The van der Waals surface area contributed by atoms with Crippen LogP contribution >= 0.6 is 45.9 Å². The van der Waals surface area contributed by atoms with Gasteiger partial charge >= 0.3 is 0 Å². The summed E-state index contributed by atoms with van der Waals surface area (Å²) in [6, 6.07) is 7.33. The number of thiophene rings is 1. The predicted molar refractivity (Wildman–Crippen MR) is 119 cm³/mol. The average molecular weight is 467 g/mol. The van der Waals surface area contributed by atoms with Gasteiger partial charge < -0.3 is 9.30 Å². The normalized spacial score (nSPS) is 11.1. The van der Waals surface area contributed by atoms with Crippen molar-refractivity contribution in [3.05, 3.63) is 57.2 Å². The maximum absolute atomic E-state index is 13.3. The number of benzene rings is 1. The number of rotatable bonds is 7. The summed E-state index contributed by atoms with van der Waals surface area (Å²) in [5.74, 6) is 0.453. The lowest BCUT2D eigenvalue weighted by molar-refractivity contribution is 0.0987. The highest BCUT2D eigenvalue weighted by Crippen LogP contribution is 2.37. The van der Waals surface area contributed by atoms with Gasteiger partial charge in [-0.3, -0.25) is 9.69 Å². The summed E-state index contributed by atoms with van der Waals surface area (Å²) < 4.78 is 9.18. The average Bonchev–Trinajstić information content (AvgIpc) is 3.44. The molecule has 10 heteroatoms. The number of ether oxygens (including phenoxy) is 1. The van der Waals surface area contributed by atoms with Crippen molar-refractivity contribution in [1.29, 1.82) is 0 Å². The molecule has 3 heterocycles. The first-order chi connectivity index (χ1) is 14.1. The summed E-state index contributed by atoms with van der Waals surface area (Å²) in [5, 5.41) is 0.596. The topological polar surface area (TPSA) is 60.2 Å². The Morgan fingerprint density at radius 3 is 2.86 bits per heavy atom. The lowest BCUT2D eigenvalue weighted by Gasteiger charge is -2.19. The molecule has 0 spiro atoms. The minimum Gasteiger partial charge on any atom is -0.494 e. The van der Waals surface area contributed by atoms with Crippen molar-refractivity contribution in [2.45, 2.75) is 13.0 Å². The Morgan fingerprint density at radius 1 is 1.31 bits per heavy atom. The van der Waals surface area contributed by atoms with Gasteiger partial charge in [0.25, 0.3) is 5.91 Å². The third kappa shape index (κ3) is 4.25. The van der Waals surface area contributed by atoms with Crippen LogP contribution in [0.3, 0.4) is 0 Å². The van der Waals surface area contributed by atoms with Crippen LogP contribution in [0, 0.1) is 0 Å². The number of anilines is 1.